The van der Waals surface area contributed by atoms with E-state index >= 15 is 0 Å². The topological polar surface area (TPSA) is 67.2 Å². The molecule has 5 nitrogen and oxygen atoms in total. The summed E-state index contributed by atoms with van der Waals surface area (Å²) in [6, 6.07) is 19.5. The van der Waals surface area contributed by atoms with Crippen molar-refractivity contribution in [2.24, 2.45) is 0 Å². The summed E-state index contributed by atoms with van der Waals surface area (Å²) in [6.07, 6.45) is 4.40. The van der Waals surface area contributed by atoms with E-state index in [0.29, 0.717) is 5.58 Å². The number of rotatable bonds is 4. The molecule has 4 aromatic rings. The number of para-hydroxylation sites is 1. The molecular formula is C23H19N3O2S. The summed E-state index contributed by atoms with van der Waals surface area (Å²) >= 11 is 5.28. The summed E-state index contributed by atoms with van der Waals surface area (Å²) in [4.78, 5) is 16.6. The van der Waals surface area contributed by atoms with Crippen molar-refractivity contribution in [2.45, 2.75) is 13.3 Å². The first kappa shape index (κ1) is 18.8. The molecule has 1 amide bonds. The van der Waals surface area contributed by atoms with Crippen LogP contribution >= 0.6 is 12.2 Å². The van der Waals surface area contributed by atoms with Crippen molar-refractivity contribution in [1.82, 2.24) is 10.3 Å². The van der Waals surface area contributed by atoms with Gasteiger partial charge in [0.1, 0.15) is 5.58 Å². The van der Waals surface area contributed by atoms with E-state index in [4.69, 9.17) is 16.6 Å². The van der Waals surface area contributed by atoms with Gasteiger partial charge in [-0.15, -0.1) is 0 Å². The van der Waals surface area contributed by atoms with Gasteiger partial charge in [0.15, 0.2) is 10.9 Å². The highest BCUT2D eigenvalue weighted by Gasteiger charge is 2.18. The van der Waals surface area contributed by atoms with Crippen molar-refractivity contribution in [3.63, 3.8) is 0 Å². The second-order valence-corrected chi connectivity index (χ2v) is 7.10. The molecule has 29 heavy (non-hydrogen) atoms. The maximum Gasteiger partial charge on any atom is 0.293 e. The van der Waals surface area contributed by atoms with E-state index in [2.05, 4.69) is 15.6 Å². The normalized spacial score (nSPS) is 10.7. The van der Waals surface area contributed by atoms with Crippen molar-refractivity contribution < 1.29 is 9.21 Å². The molecule has 0 unspecified atom stereocenters. The number of pyridine rings is 1. The predicted octanol–water partition coefficient (Wildman–Crippen LogP) is 4.85. The molecule has 0 aliphatic carbocycles. The van der Waals surface area contributed by atoms with Crippen molar-refractivity contribution in [3.05, 3.63) is 95.5 Å². The molecule has 0 aliphatic rings. The fraction of sp³-hybridized carbons (Fsp3) is 0.0870. The van der Waals surface area contributed by atoms with Crippen molar-refractivity contribution >= 4 is 39.9 Å². The van der Waals surface area contributed by atoms with Gasteiger partial charge in [0.2, 0.25) is 0 Å². The Morgan fingerprint density at radius 1 is 1.00 bits per heavy atom. The Morgan fingerprint density at radius 2 is 1.69 bits per heavy atom. The SMILES string of the molecule is Cc1c(C(=O)NC(=S)Nc2ccc(Cc3ccncc3)cc2)oc2ccccc12. The van der Waals surface area contributed by atoms with Gasteiger partial charge in [-0.2, -0.15) is 0 Å². The van der Waals surface area contributed by atoms with E-state index in [1.54, 1.807) is 12.4 Å². The van der Waals surface area contributed by atoms with E-state index < -0.39 is 0 Å². The monoisotopic (exact) mass is 401 g/mol. The Balaban J connectivity index is 1.39. The van der Waals surface area contributed by atoms with Crippen LogP contribution in [0.25, 0.3) is 11.0 Å². The number of aromatic nitrogens is 1. The lowest BCUT2D eigenvalue weighted by atomic mass is 10.1. The molecule has 0 saturated carbocycles. The second kappa shape index (κ2) is 8.24. The van der Waals surface area contributed by atoms with Crippen LogP contribution in [0.5, 0.6) is 0 Å². The average molecular weight is 401 g/mol. The Labute approximate surface area is 173 Å². The van der Waals surface area contributed by atoms with Crippen molar-refractivity contribution in [2.75, 3.05) is 5.32 Å². The van der Waals surface area contributed by atoms with Gasteiger partial charge in [-0.1, -0.05) is 30.3 Å². The lowest BCUT2D eigenvalue weighted by Gasteiger charge is -2.10. The Morgan fingerprint density at radius 3 is 2.41 bits per heavy atom. The first-order chi connectivity index (χ1) is 14.1. The summed E-state index contributed by atoms with van der Waals surface area (Å²) in [5.74, 6) is -0.103. The molecule has 2 aromatic carbocycles. The highest BCUT2D eigenvalue weighted by Crippen LogP contribution is 2.24. The molecule has 0 aliphatic heterocycles. The van der Waals surface area contributed by atoms with E-state index in [0.717, 1.165) is 23.1 Å². The third-order valence-corrected chi connectivity index (χ3v) is 4.85. The van der Waals surface area contributed by atoms with Crippen molar-refractivity contribution in [1.29, 1.82) is 0 Å². The second-order valence-electron chi connectivity index (χ2n) is 6.69. The lowest BCUT2D eigenvalue weighted by molar-refractivity contribution is 0.0952. The van der Waals surface area contributed by atoms with Crippen LogP contribution < -0.4 is 10.6 Å². The molecule has 0 atom stereocenters. The number of hydrogen-bond acceptors (Lipinski definition) is 4. The Kier molecular flexibility index (Phi) is 5.35. The van der Waals surface area contributed by atoms with Crippen LogP contribution in [-0.4, -0.2) is 16.0 Å². The Bertz CT molecular complexity index is 1170. The highest BCUT2D eigenvalue weighted by atomic mass is 32.1. The van der Waals surface area contributed by atoms with Gasteiger partial charge in [0.05, 0.1) is 0 Å². The fourth-order valence-electron chi connectivity index (χ4n) is 3.16. The standard InChI is InChI=1S/C23H19N3O2S/c1-15-19-4-2-3-5-20(19)28-21(15)22(27)26-23(29)25-18-8-6-16(7-9-18)14-17-10-12-24-13-11-17/h2-13H,14H2,1H3,(H2,25,26,27,29). The third kappa shape index (κ3) is 4.33. The zero-order chi connectivity index (χ0) is 20.2. The summed E-state index contributed by atoms with van der Waals surface area (Å²) in [6.45, 7) is 1.86. The first-order valence-electron chi connectivity index (χ1n) is 9.18. The number of aryl methyl sites for hydroxylation is 1. The van der Waals surface area contributed by atoms with Crippen LogP contribution in [0.3, 0.4) is 0 Å². The van der Waals surface area contributed by atoms with Crippen LogP contribution in [0.1, 0.15) is 27.2 Å². The molecule has 0 fully saturated rings. The van der Waals surface area contributed by atoms with Gasteiger partial charge in [0, 0.05) is 29.0 Å². The van der Waals surface area contributed by atoms with Crippen LogP contribution in [0, 0.1) is 6.92 Å². The summed E-state index contributed by atoms with van der Waals surface area (Å²) in [5.41, 5.74) is 4.65. The number of furan rings is 1. The lowest BCUT2D eigenvalue weighted by Crippen LogP contribution is -2.34. The number of thiocarbonyl (C=S) groups is 1. The van der Waals surface area contributed by atoms with Gasteiger partial charge in [-0.3, -0.25) is 15.1 Å². The van der Waals surface area contributed by atoms with Gasteiger partial charge >= 0.3 is 0 Å². The number of nitrogens with zero attached hydrogens (tertiary/aromatic N) is 1. The number of nitrogens with one attached hydrogen (secondary N) is 2. The minimum atomic E-state index is -0.370. The molecule has 0 spiro atoms. The molecule has 2 aromatic heterocycles. The molecule has 0 radical (unpaired) electrons. The fourth-order valence-corrected chi connectivity index (χ4v) is 3.37. The van der Waals surface area contributed by atoms with Crippen LogP contribution in [0.2, 0.25) is 0 Å². The summed E-state index contributed by atoms with van der Waals surface area (Å²) < 4.78 is 5.68. The van der Waals surface area contributed by atoms with Crippen LogP contribution in [0.15, 0.2) is 77.5 Å². The number of anilines is 1. The maximum atomic E-state index is 12.6. The third-order valence-electron chi connectivity index (χ3n) is 4.65. The van der Waals surface area contributed by atoms with E-state index in [1.807, 2.05) is 67.6 Å². The number of benzene rings is 2. The molecule has 144 valence electrons. The number of hydrogen-bond donors (Lipinski definition) is 2. The highest BCUT2D eigenvalue weighted by molar-refractivity contribution is 7.80. The molecular weight excluding hydrogens is 382 g/mol. The molecule has 4 rings (SSSR count). The minimum absolute atomic E-state index is 0.219. The zero-order valence-electron chi connectivity index (χ0n) is 15.8. The average Bonchev–Trinajstić information content (AvgIpc) is 3.07. The smallest absolute Gasteiger partial charge is 0.293 e. The van der Waals surface area contributed by atoms with Gasteiger partial charge in [0.25, 0.3) is 5.91 Å². The van der Waals surface area contributed by atoms with E-state index in [-0.39, 0.29) is 16.8 Å². The molecule has 2 N–H and O–H groups in total. The first-order valence-corrected chi connectivity index (χ1v) is 9.59. The van der Waals surface area contributed by atoms with Gasteiger partial charge < -0.3 is 9.73 Å². The quantitative estimate of drug-likeness (QED) is 0.478. The number of amides is 1. The minimum Gasteiger partial charge on any atom is -0.451 e. The van der Waals surface area contributed by atoms with Gasteiger partial charge in [-0.25, -0.2) is 0 Å². The Hall–Kier alpha value is -3.51. The van der Waals surface area contributed by atoms with E-state index in [9.17, 15) is 4.79 Å². The predicted molar refractivity (Wildman–Crippen MR) is 118 cm³/mol. The molecule has 0 bridgehead atoms. The number of fused-ring (bicyclic) bond motifs is 1. The number of carbonyl (C=O) groups excluding carboxylic acids is 1. The largest absolute Gasteiger partial charge is 0.451 e. The van der Waals surface area contributed by atoms with E-state index in [1.165, 1.54) is 11.1 Å². The summed E-state index contributed by atoms with van der Waals surface area (Å²) in [5, 5.41) is 6.85. The zero-order valence-corrected chi connectivity index (χ0v) is 16.6. The maximum absolute atomic E-state index is 12.6. The summed E-state index contributed by atoms with van der Waals surface area (Å²) in [7, 11) is 0. The molecule has 0 saturated heterocycles. The van der Waals surface area contributed by atoms with Gasteiger partial charge in [-0.05, 0) is 67.0 Å². The molecule has 2 heterocycles. The molecule has 6 heteroatoms. The van der Waals surface area contributed by atoms with Crippen LogP contribution in [0.4, 0.5) is 5.69 Å². The van der Waals surface area contributed by atoms with Crippen LogP contribution in [-0.2, 0) is 6.42 Å². The number of carbonyl (C=O) groups is 1. The van der Waals surface area contributed by atoms with Crippen molar-refractivity contribution in [3.8, 4) is 0 Å².